The highest BCUT2D eigenvalue weighted by molar-refractivity contribution is 9.10. The summed E-state index contributed by atoms with van der Waals surface area (Å²) in [6.45, 7) is 7.01. The second-order valence-electron chi connectivity index (χ2n) is 8.91. The first-order valence-electron chi connectivity index (χ1n) is 10.0. The topological polar surface area (TPSA) is 71.7 Å². The largest absolute Gasteiger partial charge is 0.463 e. The zero-order valence-electron chi connectivity index (χ0n) is 17.0. The Morgan fingerprint density at radius 2 is 1.97 bits per heavy atom. The van der Waals surface area contributed by atoms with Gasteiger partial charge in [0.15, 0.2) is 0 Å². The summed E-state index contributed by atoms with van der Waals surface area (Å²) in [7, 11) is 0. The Kier molecular flexibility index (Phi) is 4.63. The van der Waals surface area contributed by atoms with Gasteiger partial charge in [-0.25, -0.2) is 9.78 Å². The van der Waals surface area contributed by atoms with Crippen LogP contribution in [0.25, 0.3) is 21.9 Å². The number of benzene rings is 1. The van der Waals surface area contributed by atoms with E-state index in [1.54, 1.807) is 6.26 Å². The van der Waals surface area contributed by atoms with Crippen LogP contribution in [-0.2, 0) is 4.74 Å². The Labute approximate surface area is 187 Å². The highest BCUT2D eigenvalue weighted by atomic mass is 79.9. The van der Waals surface area contributed by atoms with Gasteiger partial charge in [-0.1, -0.05) is 0 Å². The summed E-state index contributed by atoms with van der Waals surface area (Å²) in [4.78, 5) is 25.9. The lowest BCUT2D eigenvalue weighted by Crippen LogP contribution is -2.57. The monoisotopic (exact) mass is 492 g/mol. The van der Waals surface area contributed by atoms with Crippen LogP contribution in [0.2, 0.25) is 5.28 Å². The van der Waals surface area contributed by atoms with Crippen LogP contribution >= 0.6 is 27.5 Å². The normalized spacial score (nSPS) is 21.6. The molecule has 0 aliphatic carbocycles. The summed E-state index contributed by atoms with van der Waals surface area (Å²) in [5, 5.41) is 2.00. The van der Waals surface area contributed by atoms with E-state index < -0.39 is 5.60 Å². The van der Waals surface area contributed by atoms with E-state index in [0.717, 1.165) is 45.0 Å². The summed E-state index contributed by atoms with van der Waals surface area (Å²) in [6, 6.07) is 4.01. The predicted molar refractivity (Wildman–Crippen MR) is 119 cm³/mol. The van der Waals surface area contributed by atoms with Gasteiger partial charge in [0.1, 0.15) is 17.0 Å². The van der Waals surface area contributed by atoms with Gasteiger partial charge in [0.05, 0.1) is 29.2 Å². The minimum absolute atomic E-state index is 0.0740. The van der Waals surface area contributed by atoms with Crippen molar-refractivity contribution in [1.82, 2.24) is 14.9 Å². The second-order valence-corrected chi connectivity index (χ2v) is 10.1. The zero-order valence-corrected chi connectivity index (χ0v) is 19.3. The molecule has 0 unspecified atom stereocenters. The van der Waals surface area contributed by atoms with E-state index in [1.165, 1.54) is 0 Å². The third-order valence-corrected chi connectivity index (χ3v) is 6.51. The lowest BCUT2D eigenvalue weighted by molar-refractivity contribution is 0.0123. The molecule has 30 heavy (non-hydrogen) atoms. The number of carbonyl (C=O) groups is 1. The number of furan rings is 1. The molecule has 4 heterocycles. The summed E-state index contributed by atoms with van der Waals surface area (Å²) >= 11 is 9.87. The summed E-state index contributed by atoms with van der Waals surface area (Å²) in [5.74, 6) is 0.748. The number of hydrogen-bond acceptors (Lipinski definition) is 6. The van der Waals surface area contributed by atoms with Crippen molar-refractivity contribution in [2.24, 2.45) is 0 Å². The van der Waals surface area contributed by atoms with Crippen molar-refractivity contribution >= 4 is 61.3 Å². The molecular weight excluding hydrogens is 472 g/mol. The molecule has 158 valence electrons. The number of halogens is 2. The number of anilines is 1. The van der Waals surface area contributed by atoms with E-state index >= 15 is 0 Å². The summed E-state index contributed by atoms with van der Waals surface area (Å²) in [5.41, 5.74) is 0.941. The minimum atomic E-state index is -0.512. The van der Waals surface area contributed by atoms with E-state index in [0.29, 0.717) is 13.1 Å². The molecule has 0 radical (unpaired) electrons. The quantitative estimate of drug-likeness (QED) is 0.424. The Bertz CT molecular complexity index is 1140. The van der Waals surface area contributed by atoms with Crippen LogP contribution in [0, 0.1) is 0 Å². The van der Waals surface area contributed by atoms with Gasteiger partial charge in [-0.3, -0.25) is 4.90 Å². The van der Waals surface area contributed by atoms with Gasteiger partial charge < -0.3 is 14.1 Å². The fraction of sp³-hybridized carbons (Fsp3) is 0.476. The Balaban J connectivity index is 1.54. The van der Waals surface area contributed by atoms with Crippen LogP contribution in [0.4, 0.5) is 10.6 Å². The summed E-state index contributed by atoms with van der Waals surface area (Å²) < 4.78 is 12.4. The van der Waals surface area contributed by atoms with Crippen LogP contribution in [-0.4, -0.2) is 51.7 Å². The van der Waals surface area contributed by atoms with Crippen LogP contribution in [0.3, 0.4) is 0 Å². The molecule has 7 nitrogen and oxygen atoms in total. The molecule has 1 aromatic carbocycles. The Morgan fingerprint density at radius 3 is 2.63 bits per heavy atom. The average molecular weight is 494 g/mol. The van der Waals surface area contributed by atoms with E-state index in [4.69, 9.17) is 20.8 Å². The molecule has 1 amide bonds. The van der Waals surface area contributed by atoms with E-state index in [2.05, 4.69) is 30.8 Å². The Hall–Kier alpha value is -2.06. The van der Waals surface area contributed by atoms with Crippen LogP contribution in [0.5, 0.6) is 0 Å². The number of aromatic nitrogens is 2. The number of piperazine rings is 1. The fourth-order valence-electron chi connectivity index (χ4n) is 4.57. The molecule has 3 aromatic rings. The third kappa shape index (κ3) is 3.30. The van der Waals surface area contributed by atoms with Gasteiger partial charge in [0.2, 0.25) is 5.28 Å². The maximum absolute atomic E-state index is 12.8. The number of carbonyl (C=O) groups excluding carboxylic acids is 1. The third-order valence-electron chi connectivity index (χ3n) is 5.69. The number of ether oxygens (including phenoxy) is 1. The van der Waals surface area contributed by atoms with Gasteiger partial charge in [0, 0.05) is 22.9 Å². The molecular formula is C21H22BrClN4O3. The van der Waals surface area contributed by atoms with Crippen molar-refractivity contribution in [2.45, 2.75) is 51.3 Å². The highest BCUT2D eigenvalue weighted by Gasteiger charge is 2.45. The first-order chi connectivity index (χ1) is 14.2. The van der Waals surface area contributed by atoms with Crippen molar-refractivity contribution in [3.8, 4) is 0 Å². The lowest BCUT2D eigenvalue weighted by atomic mass is 10.1. The highest BCUT2D eigenvalue weighted by Crippen LogP contribution is 2.40. The van der Waals surface area contributed by atoms with Crippen LogP contribution < -0.4 is 4.90 Å². The standard InChI is InChI=1S/C21H22BrClN4O3/c1-21(2,3)30-20(28)27-11-4-5-12(27)10-26(9-11)18-16-15(24-19(23)25-18)8-14(22)13-6-7-29-17(13)16/h6-8,11-12H,4-5,9-10H2,1-3H3/t11-,12+. The van der Waals surface area contributed by atoms with Gasteiger partial charge >= 0.3 is 6.09 Å². The average Bonchev–Trinajstić information content (AvgIpc) is 3.23. The molecule has 9 heteroatoms. The van der Waals surface area contributed by atoms with Crippen molar-refractivity contribution < 1.29 is 13.9 Å². The molecule has 2 bridgehead atoms. The van der Waals surface area contributed by atoms with Crippen molar-refractivity contribution in [3.63, 3.8) is 0 Å². The first-order valence-corrected chi connectivity index (χ1v) is 11.2. The van der Waals surface area contributed by atoms with Crippen LogP contribution in [0.1, 0.15) is 33.6 Å². The number of rotatable bonds is 1. The molecule has 2 aromatic heterocycles. The van der Waals surface area contributed by atoms with E-state index in [-0.39, 0.29) is 23.5 Å². The Morgan fingerprint density at radius 1 is 1.27 bits per heavy atom. The van der Waals surface area contributed by atoms with Crippen molar-refractivity contribution in [2.75, 3.05) is 18.0 Å². The number of nitrogens with zero attached hydrogens (tertiary/aromatic N) is 4. The maximum atomic E-state index is 12.8. The molecule has 2 saturated heterocycles. The number of amides is 1. The second kappa shape index (κ2) is 6.99. The lowest BCUT2D eigenvalue weighted by Gasteiger charge is -2.42. The number of fused-ring (bicyclic) bond motifs is 5. The molecule has 2 fully saturated rings. The molecule has 2 aliphatic rings. The predicted octanol–water partition coefficient (Wildman–Crippen LogP) is 5.38. The molecule has 2 atom stereocenters. The fourth-order valence-corrected chi connectivity index (χ4v) is 5.27. The minimum Gasteiger partial charge on any atom is -0.463 e. The van der Waals surface area contributed by atoms with Gasteiger partial charge in [-0.2, -0.15) is 4.98 Å². The van der Waals surface area contributed by atoms with Gasteiger partial charge in [-0.05, 0) is 73.3 Å². The molecule has 0 spiro atoms. The first kappa shape index (κ1) is 19.9. The van der Waals surface area contributed by atoms with Gasteiger partial charge in [-0.15, -0.1) is 0 Å². The molecule has 0 saturated carbocycles. The van der Waals surface area contributed by atoms with Crippen LogP contribution in [0.15, 0.2) is 27.3 Å². The molecule has 0 N–H and O–H groups in total. The van der Waals surface area contributed by atoms with Crippen molar-refractivity contribution in [3.05, 3.63) is 28.2 Å². The molecule has 5 rings (SSSR count). The maximum Gasteiger partial charge on any atom is 0.410 e. The zero-order chi connectivity index (χ0) is 21.2. The SMILES string of the molecule is CC(C)(C)OC(=O)N1[C@@H]2CC[C@H]1CN(c1nc(Cl)nc3cc(Br)c4ccoc4c13)C2. The number of hydrogen-bond donors (Lipinski definition) is 0. The van der Waals surface area contributed by atoms with Gasteiger partial charge in [0.25, 0.3) is 0 Å². The summed E-state index contributed by atoms with van der Waals surface area (Å²) in [6.07, 6.45) is 3.31. The van der Waals surface area contributed by atoms with E-state index in [9.17, 15) is 4.79 Å². The van der Waals surface area contributed by atoms with Crippen molar-refractivity contribution in [1.29, 1.82) is 0 Å². The smallest absolute Gasteiger partial charge is 0.410 e. The van der Waals surface area contributed by atoms with E-state index in [1.807, 2.05) is 37.8 Å². The molecule has 2 aliphatic heterocycles.